The first-order chi connectivity index (χ1) is 7.24. The molecule has 0 saturated heterocycles. The Morgan fingerprint density at radius 1 is 1.07 bits per heavy atom. The van der Waals surface area contributed by atoms with Crippen molar-refractivity contribution in [3.05, 3.63) is 18.0 Å². The maximum Gasteiger partial charge on any atom is 0.0593 e. The molecule has 2 nitrogen and oxygen atoms in total. The smallest absolute Gasteiger partial charge is 0.0593 e. The lowest BCUT2D eigenvalue weighted by Gasteiger charge is -1.90. The molecule has 0 saturated carbocycles. The highest BCUT2D eigenvalue weighted by molar-refractivity contribution is 4.94. The van der Waals surface area contributed by atoms with E-state index in [-0.39, 0.29) is 0 Å². The molecular formula is C13H26N2. The molecular weight excluding hydrogens is 184 g/mol. The van der Waals surface area contributed by atoms with E-state index in [0.29, 0.717) is 0 Å². The summed E-state index contributed by atoms with van der Waals surface area (Å²) >= 11 is 0. The summed E-state index contributed by atoms with van der Waals surface area (Å²) in [7, 11) is 0. The number of aryl methyl sites for hydroxylation is 2. The molecule has 0 spiro atoms. The van der Waals surface area contributed by atoms with E-state index in [2.05, 4.69) is 25.9 Å². The van der Waals surface area contributed by atoms with Crippen LogP contribution in [0.5, 0.6) is 0 Å². The molecule has 0 fully saturated rings. The zero-order chi connectivity index (χ0) is 11.5. The molecule has 0 atom stereocenters. The van der Waals surface area contributed by atoms with Crippen molar-refractivity contribution in [3.8, 4) is 0 Å². The average Bonchev–Trinajstić information content (AvgIpc) is 2.66. The van der Waals surface area contributed by atoms with Gasteiger partial charge in [0.15, 0.2) is 0 Å². The molecule has 1 aromatic rings. The van der Waals surface area contributed by atoms with E-state index >= 15 is 0 Å². The van der Waals surface area contributed by atoms with E-state index in [4.69, 9.17) is 0 Å². The van der Waals surface area contributed by atoms with Crippen molar-refractivity contribution in [2.24, 2.45) is 0 Å². The van der Waals surface area contributed by atoms with E-state index < -0.39 is 0 Å². The molecule has 0 N–H and O–H groups in total. The van der Waals surface area contributed by atoms with Crippen LogP contribution in [0.2, 0.25) is 0 Å². The van der Waals surface area contributed by atoms with Gasteiger partial charge in [0.2, 0.25) is 0 Å². The Balaban J connectivity index is 0.000000265. The molecule has 0 bridgehead atoms. The lowest BCUT2D eigenvalue weighted by Crippen LogP contribution is -1.93. The summed E-state index contributed by atoms with van der Waals surface area (Å²) < 4.78 is 1.91. The summed E-state index contributed by atoms with van der Waals surface area (Å²) in [4.78, 5) is 0. The van der Waals surface area contributed by atoms with Gasteiger partial charge >= 0.3 is 0 Å². The monoisotopic (exact) mass is 210 g/mol. The van der Waals surface area contributed by atoms with Crippen LogP contribution in [-0.2, 0) is 6.54 Å². The number of nitrogens with zero attached hydrogens (tertiary/aromatic N) is 2. The van der Waals surface area contributed by atoms with Crippen LogP contribution in [0.15, 0.2) is 12.3 Å². The standard InChI is InChI=1S/C7H16.C6H10N2/c1-3-5-7-6-4-2;1-3-8-5-4-6(2)7-8/h3-7H2,1-2H3;4-5H,3H2,1-2H3. The van der Waals surface area contributed by atoms with Crippen LogP contribution in [0.25, 0.3) is 0 Å². The first-order valence-corrected chi connectivity index (χ1v) is 6.24. The van der Waals surface area contributed by atoms with Gasteiger partial charge in [0.05, 0.1) is 5.69 Å². The Kier molecular flexibility index (Phi) is 9.24. The summed E-state index contributed by atoms with van der Waals surface area (Å²) in [5.74, 6) is 0. The minimum Gasteiger partial charge on any atom is -0.273 e. The number of hydrogen-bond donors (Lipinski definition) is 0. The summed E-state index contributed by atoms with van der Waals surface area (Å²) in [6, 6.07) is 2.00. The minimum atomic E-state index is 0.966. The first kappa shape index (κ1) is 14.2. The zero-order valence-electron chi connectivity index (χ0n) is 10.8. The third kappa shape index (κ3) is 8.22. The number of aromatic nitrogens is 2. The molecule has 1 heterocycles. The first-order valence-electron chi connectivity index (χ1n) is 6.24. The van der Waals surface area contributed by atoms with Gasteiger partial charge in [0.25, 0.3) is 0 Å². The molecule has 0 aliphatic carbocycles. The Morgan fingerprint density at radius 2 is 1.67 bits per heavy atom. The van der Waals surface area contributed by atoms with Crippen LogP contribution in [0.1, 0.15) is 58.6 Å². The molecule has 0 aromatic carbocycles. The molecule has 1 aromatic heterocycles. The van der Waals surface area contributed by atoms with E-state index in [1.54, 1.807) is 0 Å². The van der Waals surface area contributed by atoms with Gasteiger partial charge in [-0.2, -0.15) is 5.10 Å². The fourth-order valence-electron chi connectivity index (χ4n) is 1.32. The highest BCUT2D eigenvalue weighted by Gasteiger charge is 1.86. The van der Waals surface area contributed by atoms with Crippen molar-refractivity contribution in [1.29, 1.82) is 0 Å². The molecule has 0 radical (unpaired) electrons. The molecule has 15 heavy (non-hydrogen) atoms. The molecule has 0 unspecified atom stereocenters. The van der Waals surface area contributed by atoms with Gasteiger partial charge in [0, 0.05) is 12.7 Å². The summed E-state index contributed by atoms with van der Waals surface area (Å²) in [5, 5.41) is 4.15. The van der Waals surface area contributed by atoms with Crippen molar-refractivity contribution in [3.63, 3.8) is 0 Å². The maximum absolute atomic E-state index is 4.15. The highest BCUT2D eigenvalue weighted by atomic mass is 15.3. The van der Waals surface area contributed by atoms with Crippen LogP contribution in [0.3, 0.4) is 0 Å². The van der Waals surface area contributed by atoms with Crippen LogP contribution in [0.4, 0.5) is 0 Å². The SMILES string of the molecule is CCCCCCC.CCn1ccc(C)n1. The van der Waals surface area contributed by atoms with Gasteiger partial charge in [-0.3, -0.25) is 4.68 Å². The second kappa shape index (κ2) is 9.75. The van der Waals surface area contributed by atoms with Gasteiger partial charge in [-0.15, -0.1) is 0 Å². The Bertz CT molecular complexity index is 224. The Morgan fingerprint density at radius 3 is 1.93 bits per heavy atom. The third-order valence-corrected chi connectivity index (χ3v) is 2.31. The van der Waals surface area contributed by atoms with E-state index in [1.165, 1.54) is 32.1 Å². The quantitative estimate of drug-likeness (QED) is 0.666. The maximum atomic E-state index is 4.15. The molecule has 1 rings (SSSR count). The largest absolute Gasteiger partial charge is 0.273 e. The lowest BCUT2D eigenvalue weighted by atomic mass is 10.2. The predicted molar refractivity (Wildman–Crippen MR) is 67.1 cm³/mol. The normalized spacial score (nSPS) is 9.60. The van der Waals surface area contributed by atoms with Crippen LogP contribution in [0, 0.1) is 6.92 Å². The fraction of sp³-hybridized carbons (Fsp3) is 0.769. The lowest BCUT2D eigenvalue weighted by molar-refractivity contribution is 0.653. The van der Waals surface area contributed by atoms with Crippen molar-refractivity contribution >= 4 is 0 Å². The van der Waals surface area contributed by atoms with E-state index in [9.17, 15) is 0 Å². The third-order valence-electron chi connectivity index (χ3n) is 2.31. The van der Waals surface area contributed by atoms with E-state index in [0.717, 1.165) is 12.2 Å². The number of unbranched alkanes of at least 4 members (excludes halogenated alkanes) is 4. The van der Waals surface area contributed by atoms with Crippen LogP contribution < -0.4 is 0 Å². The van der Waals surface area contributed by atoms with Crippen molar-refractivity contribution in [2.45, 2.75) is 66.3 Å². The van der Waals surface area contributed by atoms with Gasteiger partial charge in [-0.05, 0) is 19.9 Å². The molecule has 0 amide bonds. The van der Waals surface area contributed by atoms with Gasteiger partial charge in [-0.25, -0.2) is 0 Å². The number of rotatable bonds is 5. The van der Waals surface area contributed by atoms with Gasteiger partial charge in [0.1, 0.15) is 0 Å². The van der Waals surface area contributed by atoms with Crippen molar-refractivity contribution in [2.75, 3.05) is 0 Å². The Hall–Kier alpha value is -0.790. The van der Waals surface area contributed by atoms with Gasteiger partial charge < -0.3 is 0 Å². The highest BCUT2D eigenvalue weighted by Crippen LogP contribution is 2.00. The van der Waals surface area contributed by atoms with Crippen LogP contribution in [-0.4, -0.2) is 9.78 Å². The summed E-state index contributed by atoms with van der Waals surface area (Å²) in [6.45, 7) is 9.53. The van der Waals surface area contributed by atoms with E-state index in [1.807, 2.05) is 23.9 Å². The predicted octanol–water partition coefficient (Wildman–Crippen LogP) is 4.19. The van der Waals surface area contributed by atoms with Crippen molar-refractivity contribution < 1.29 is 0 Å². The average molecular weight is 210 g/mol. The summed E-state index contributed by atoms with van der Waals surface area (Å²) in [6.07, 6.45) is 8.99. The van der Waals surface area contributed by atoms with Crippen molar-refractivity contribution in [1.82, 2.24) is 9.78 Å². The molecule has 88 valence electrons. The van der Waals surface area contributed by atoms with Crippen LogP contribution >= 0.6 is 0 Å². The minimum absolute atomic E-state index is 0.966. The molecule has 0 aliphatic heterocycles. The van der Waals surface area contributed by atoms with Gasteiger partial charge in [-0.1, -0.05) is 46.0 Å². The molecule has 2 heteroatoms. The Labute approximate surface area is 94.7 Å². The molecule has 0 aliphatic rings. The topological polar surface area (TPSA) is 17.8 Å². The second-order valence-corrected chi connectivity index (χ2v) is 3.87. The zero-order valence-corrected chi connectivity index (χ0v) is 10.8. The second-order valence-electron chi connectivity index (χ2n) is 3.87. The number of hydrogen-bond acceptors (Lipinski definition) is 1. The fourth-order valence-corrected chi connectivity index (χ4v) is 1.32. The summed E-state index contributed by atoms with van der Waals surface area (Å²) in [5.41, 5.74) is 1.09.